The van der Waals surface area contributed by atoms with E-state index in [2.05, 4.69) is 10.3 Å². The lowest BCUT2D eigenvalue weighted by Gasteiger charge is -2.06. The molecule has 0 bridgehead atoms. The van der Waals surface area contributed by atoms with Gasteiger partial charge in [-0.1, -0.05) is 42.5 Å². The van der Waals surface area contributed by atoms with Crippen LogP contribution >= 0.6 is 0 Å². The Labute approximate surface area is 107 Å². The first kappa shape index (κ1) is 12.8. The largest absolute Gasteiger partial charge is 0.296 e. The van der Waals surface area contributed by atoms with Crippen LogP contribution in [0.4, 0.5) is 0 Å². The Balaban J connectivity index is 2.31. The van der Waals surface area contributed by atoms with Gasteiger partial charge in [-0.3, -0.25) is 4.18 Å². The molecule has 0 N–H and O–H groups in total. The summed E-state index contributed by atoms with van der Waals surface area (Å²) in [5, 5.41) is 0. The molecule has 18 heavy (non-hydrogen) atoms. The average molecular weight is 262 g/mol. The monoisotopic (exact) mass is 262 g/mol. The fourth-order valence-electron chi connectivity index (χ4n) is 1.72. The molecular formula is C14H14O3S. The minimum absolute atomic E-state index is 0.175. The number of rotatable bonds is 3. The zero-order valence-electron chi connectivity index (χ0n) is 10.0. The minimum atomic E-state index is -3.60. The summed E-state index contributed by atoms with van der Waals surface area (Å²) in [4.78, 5) is 0.175. The van der Waals surface area contributed by atoms with Crippen molar-refractivity contribution in [2.24, 2.45) is 0 Å². The molecule has 0 saturated carbocycles. The third-order valence-corrected chi connectivity index (χ3v) is 4.02. The van der Waals surface area contributed by atoms with Gasteiger partial charge in [-0.2, -0.15) is 8.42 Å². The van der Waals surface area contributed by atoms with E-state index < -0.39 is 10.1 Å². The van der Waals surface area contributed by atoms with Crippen LogP contribution in [-0.4, -0.2) is 15.5 Å². The van der Waals surface area contributed by atoms with Crippen molar-refractivity contribution in [3.8, 4) is 0 Å². The highest BCUT2D eigenvalue weighted by atomic mass is 32.2. The van der Waals surface area contributed by atoms with Crippen molar-refractivity contribution in [3.63, 3.8) is 0 Å². The molecule has 4 heteroatoms. The summed E-state index contributed by atoms with van der Waals surface area (Å²) in [6, 6.07) is 6.72. The normalized spacial score (nSPS) is 15.3. The van der Waals surface area contributed by atoms with Crippen molar-refractivity contribution in [2.45, 2.75) is 11.3 Å². The van der Waals surface area contributed by atoms with Gasteiger partial charge in [0.2, 0.25) is 0 Å². The Bertz CT molecular complexity index is 605. The van der Waals surface area contributed by atoms with Gasteiger partial charge in [-0.05, 0) is 29.7 Å². The molecule has 0 amide bonds. The Morgan fingerprint density at radius 1 is 1.06 bits per heavy atom. The van der Waals surface area contributed by atoms with Crippen LogP contribution in [0, 0.1) is 0 Å². The third kappa shape index (κ3) is 2.78. The van der Waals surface area contributed by atoms with Gasteiger partial charge in [-0.15, -0.1) is 0 Å². The molecular weight excluding hydrogens is 248 g/mol. The van der Waals surface area contributed by atoms with Crippen molar-refractivity contribution in [3.05, 3.63) is 60.2 Å². The van der Waals surface area contributed by atoms with Crippen molar-refractivity contribution >= 4 is 15.7 Å². The van der Waals surface area contributed by atoms with Crippen molar-refractivity contribution < 1.29 is 12.6 Å². The van der Waals surface area contributed by atoms with E-state index in [1.165, 1.54) is 0 Å². The first-order valence-corrected chi connectivity index (χ1v) is 6.98. The maximum Gasteiger partial charge on any atom is 0.296 e. The lowest BCUT2D eigenvalue weighted by atomic mass is 10.0. The van der Waals surface area contributed by atoms with E-state index in [9.17, 15) is 8.42 Å². The first-order chi connectivity index (χ1) is 8.63. The predicted octanol–water partition coefficient (Wildman–Crippen LogP) is 2.92. The molecule has 0 aromatic heterocycles. The Morgan fingerprint density at radius 2 is 1.78 bits per heavy atom. The summed E-state index contributed by atoms with van der Waals surface area (Å²) < 4.78 is 27.4. The molecule has 1 aromatic rings. The fraction of sp³-hybridized carbons (Fsp3) is 0.143. The smallest absolute Gasteiger partial charge is 0.270 e. The Morgan fingerprint density at radius 3 is 2.44 bits per heavy atom. The van der Waals surface area contributed by atoms with Crippen LogP contribution in [0.3, 0.4) is 0 Å². The molecule has 1 aliphatic rings. The topological polar surface area (TPSA) is 43.4 Å². The van der Waals surface area contributed by atoms with Crippen LogP contribution < -0.4 is 0 Å². The van der Waals surface area contributed by atoms with Crippen LogP contribution in [0.2, 0.25) is 0 Å². The van der Waals surface area contributed by atoms with E-state index in [0.29, 0.717) is 0 Å². The molecule has 0 unspecified atom stereocenters. The lowest BCUT2D eigenvalue weighted by molar-refractivity contribution is 0.398. The molecule has 0 spiro atoms. The van der Waals surface area contributed by atoms with Crippen LogP contribution in [0.1, 0.15) is 12.0 Å². The Hall–Kier alpha value is -1.65. The molecule has 2 rings (SSSR count). The molecule has 1 aromatic carbocycles. The summed E-state index contributed by atoms with van der Waals surface area (Å²) in [6.07, 6.45) is 10.9. The molecule has 0 heterocycles. The van der Waals surface area contributed by atoms with Crippen LogP contribution in [0.5, 0.6) is 0 Å². The molecule has 3 nitrogen and oxygen atoms in total. The highest BCUT2D eigenvalue weighted by Gasteiger charge is 2.12. The molecule has 94 valence electrons. The predicted molar refractivity (Wildman–Crippen MR) is 71.5 cm³/mol. The SMILES string of the molecule is COS(=O)(=O)c1ccc(C2=CC=CC=CC2)cc1. The third-order valence-electron chi connectivity index (χ3n) is 2.73. The van der Waals surface area contributed by atoms with Gasteiger partial charge in [0.25, 0.3) is 10.1 Å². The molecule has 0 fully saturated rings. The summed E-state index contributed by atoms with van der Waals surface area (Å²) in [7, 11) is -2.44. The van der Waals surface area contributed by atoms with Crippen molar-refractivity contribution in [2.75, 3.05) is 7.11 Å². The highest BCUT2D eigenvalue weighted by Crippen LogP contribution is 2.22. The maximum atomic E-state index is 11.5. The Kier molecular flexibility index (Phi) is 3.79. The summed E-state index contributed by atoms with van der Waals surface area (Å²) in [5.74, 6) is 0. The minimum Gasteiger partial charge on any atom is -0.270 e. The quantitative estimate of drug-likeness (QED) is 0.787. The van der Waals surface area contributed by atoms with Crippen LogP contribution in [-0.2, 0) is 14.3 Å². The van der Waals surface area contributed by atoms with Gasteiger partial charge >= 0.3 is 0 Å². The van der Waals surface area contributed by atoms with E-state index >= 15 is 0 Å². The number of allylic oxidation sites excluding steroid dienone is 6. The van der Waals surface area contributed by atoms with E-state index in [1.54, 1.807) is 24.3 Å². The van der Waals surface area contributed by atoms with Gasteiger partial charge in [0, 0.05) is 0 Å². The highest BCUT2D eigenvalue weighted by molar-refractivity contribution is 7.86. The van der Waals surface area contributed by atoms with Gasteiger partial charge < -0.3 is 0 Å². The zero-order chi connectivity index (χ0) is 13.0. The second kappa shape index (κ2) is 5.33. The molecule has 0 aliphatic heterocycles. The van der Waals surface area contributed by atoms with Crippen molar-refractivity contribution in [1.29, 1.82) is 0 Å². The lowest BCUT2D eigenvalue weighted by Crippen LogP contribution is -2.02. The standard InChI is InChI=1S/C14H14O3S/c1-17-18(15,16)14-10-8-13(9-11-14)12-6-4-2-3-5-7-12/h2-6,8-11H,7H2,1H3. The van der Waals surface area contributed by atoms with Gasteiger partial charge in [0.05, 0.1) is 12.0 Å². The summed E-state index contributed by atoms with van der Waals surface area (Å²) in [6.45, 7) is 0. The van der Waals surface area contributed by atoms with E-state index in [1.807, 2.05) is 24.3 Å². The second-order valence-corrected chi connectivity index (χ2v) is 5.57. The maximum absolute atomic E-state index is 11.5. The summed E-state index contributed by atoms with van der Waals surface area (Å²) in [5.41, 5.74) is 2.17. The molecule has 0 atom stereocenters. The second-order valence-electron chi connectivity index (χ2n) is 3.85. The number of hydrogen-bond acceptors (Lipinski definition) is 3. The van der Waals surface area contributed by atoms with E-state index in [4.69, 9.17) is 0 Å². The van der Waals surface area contributed by atoms with E-state index in [-0.39, 0.29) is 4.90 Å². The average Bonchev–Trinajstić information content (AvgIpc) is 2.68. The fourth-order valence-corrected chi connectivity index (χ4v) is 2.39. The molecule has 0 saturated heterocycles. The van der Waals surface area contributed by atoms with Crippen LogP contribution in [0.25, 0.3) is 5.57 Å². The van der Waals surface area contributed by atoms with Gasteiger partial charge in [-0.25, -0.2) is 0 Å². The summed E-state index contributed by atoms with van der Waals surface area (Å²) >= 11 is 0. The van der Waals surface area contributed by atoms with Gasteiger partial charge in [0.1, 0.15) is 0 Å². The van der Waals surface area contributed by atoms with Gasteiger partial charge in [0.15, 0.2) is 0 Å². The number of benzene rings is 1. The number of hydrogen-bond donors (Lipinski definition) is 0. The van der Waals surface area contributed by atoms with Crippen LogP contribution in [0.15, 0.2) is 59.5 Å². The first-order valence-electron chi connectivity index (χ1n) is 5.57. The molecule has 1 aliphatic carbocycles. The molecule has 0 radical (unpaired) electrons. The zero-order valence-corrected chi connectivity index (χ0v) is 10.9. The van der Waals surface area contributed by atoms with Crippen molar-refractivity contribution in [1.82, 2.24) is 0 Å². The van der Waals surface area contributed by atoms with E-state index in [0.717, 1.165) is 24.7 Å².